The normalized spacial score (nSPS) is 26.2. The van der Waals surface area contributed by atoms with Crippen LogP contribution >= 0.6 is 11.3 Å². The molecule has 1 unspecified atom stereocenters. The molecule has 1 aromatic heterocycles. The fourth-order valence-electron chi connectivity index (χ4n) is 5.60. The van der Waals surface area contributed by atoms with Gasteiger partial charge in [-0.05, 0) is 30.4 Å². The van der Waals surface area contributed by atoms with Crippen molar-refractivity contribution in [2.75, 3.05) is 37.7 Å². The van der Waals surface area contributed by atoms with E-state index in [1.54, 1.807) is 0 Å². The molecular formula is C23H32F3N3O7S3. The van der Waals surface area contributed by atoms with Crippen molar-refractivity contribution in [3.05, 3.63) is 17.0 Å². The van der Waals surface area contributed by atoms with Crippen molar-refractivity contribution in [3.8, 4) is 0 Å². The van der Waals surface area contributed by atoms with Gasteiger partial charge in [-0.25, -0.2) is 21.6 Å². The summed E-state index contributed by atoms with van der Waals surface area (Å²) in [6.07, 6.45) is -1.51. The monoisotopic (exact) mass is 615 g/mol. The van der Waals surface area contributed by atoms with E-state index in [9.17, 15) is 39.6 Å². The Morgan fingerprint density at radius 2 is 1.69 bits per heavy atom. The summed E-state index contributed by atoms with van der Waals surface area (Å²) in [5, 5.41) is 0. The van der Waals surface area contributed by atoms with Gasteiger partial charge in [0, 0.05) is 26.2 Å². The summed E-state index contributed by atoms with van der Waals surface area (Å²) >= 11 is 0.607. The second kappa shape index (κ2) is 11.6. The van der Waals surface area contributed by atoms with E-state index in [0.717, 1.165) is 32.1 Å². The molecule has 10 nitrogen and oxygen atoms in total. The maximum Gasteiger partial charge on any atom is 0.490 e. The van der Waals surface area contributed by atoms with Gasteiger partial charge in [0.05, 0.1) is 22.3 Å². The number of nitrogens with zero attached hydrogens (tertiary/aromatic N) is 2. The first kappa shape index (κ1) is 30.2. The van der Waals surface area contributed by atoms with Gasteiger partial charge in [-0.1, -0.05) is 32.1 Å². The standard InChI is InChI=1S/C23H32F3N3O7S3/c24-23(25,26)22(31)36-20(27)18-6-7-19(37-18)39(34,35)29-13-16(15-4-2-1-3-5-15)12-17(14-29)21(30)28-8-10-38(32,33)11-9-28/h6-7,15-17,20H,1-5,8-14,27H2/t16-,17-,20?/m1/s1. The van der Waals surface area contributed by atoms with Crippen LogP contribution in [0.1, 0.15) is 49.6 Å². The van der Waals surface area contributed by atoms with Crippen LogP contribution in [0.3, 0.4) is 0 Å². The SMILES string of the molecule is NC(OC(=O)C(F)(F)F)c1ccc(S(=O)(=O)N2C[C@H](C(=O)N3CCS(=O)(=O)CC3)C[C@@H](C3CCCCC3)C2)s1. The third kappa shape index (κ3) is 7.13. The van der Waals surface area contributed by atoms with Gasteiger partial charge >= 0.3 is 12.1 Å². The smallest absolute Gasteiger partial charge is 0.435 e. The zero-order chi connectivity index (χ0) is 28.6. The number of sulfone groups is 1. The summed E-state index contributed by atoms with van der Waals surface area (Å²) in [5.74, 6) is -3.46. The zero-order valence-corrected chi connectivity index (χ0v) is 23.6. The van der Waals surface area contributed by atoms with Gasteiger partial charge in [0.2, 0.25) is 5.91 Å². The molecule has 0 aromatic carbocycles. The molecule has 1 saturated carbocycles. The van der Waals surface area contributed by atoms with Crippen molar-refractivity contribution in [3.63, 3.8) is 0 Å². The lowest BCUT2D eigenvalue weighted by Crippen LogP contribution is -2.53. The highest BCUT2D eigenvalue weighted by Gasteiger charge is 2.44. The molecule has 1 amide bonds. The molecule has 39 heavy (non-hydrogen) atoms. The number of hydrogen-bond acceptors (Lipinski definition) is 9. The van der Waals surface area contributed by atoms with Crippen molar-refractivity contribution in [2.24, 2.45) is 23.5 Å². The van der Waals surface area contributed by atoms with Crippen LogP contribution in [0.25, 0.3) is 0 Å². The first-order valence-corrected chi connectivity index (χ1v) is 16.9. The van der Waals surface area contributed by atoms with Gasteiger partial charge in [0.25, 0.3) is 10.0 Å². The number of rotatable bonds is 6. The Morgan fingerprint density at radius 1 is 1.05 bits per heavy atom. The van der Waals surface area contributed by atoms with Crippen LogP contribution in [0, 0.1) is 17.8 Å². The second-order valence-electron chi connectivity index (χ2n) is 10.4. The molecule has 2 saturated heterocycles. The molecule has 2 N–H and O–H groups in total. The maximum absolute atomic E-state index is 13.7. The molecule has 2 aliphatic heterocycles. The van der Waals surface area contributed by atoms with Gasteiger partial charge in [0.1, 0.15) is 4.21 Å². The number of halogens is 3. The fraction of sp³-hybridized carbons (Fsp3) is 0.739. The number of carbonyl (C=O) groups excluding carboxylic acids is 2. The van der Waals surface area contributed by atoms with E-state index in [2.05, 4.69) is 4.74 Å². The number of piperidine rings is 1. The zero-order valence-electron chi connectivity index (χ0n) is 21.1. The number of carbonyl (C=O) groups is 2. The molecule has 0 bridgehead atoms. The maximum atomic E-state index is 13.7. The van der Waals surface area contributed by atoms with Gasteiger partial charge in [-0.15, -0.1) is 11.3 Å². The quantitative estimate of drug-likeness (QED) is 0.379. The predicted octanol–water partition coefficient (Wildman–Crippen LogP) is 2.27. The minimum Gasteiger partial charge on any atom is -0.435 e. The molecule has 3 heterocycles. The number of thiophene rings is 1. The lowest BCUT2D eigenvalue weighted by Gasteiger charge is -2.42. The summed E-state index contributed by atoms with van der Waals surface area (Å²) < 4.78 is 93.9. The van der Waals surface area contributed by atoms with Crippen molar-refractivity contribution >= 4 is 43.1 Å². The first-order valence-electron chi connectivity index (χ1n) is 12.8. The van der Waals surface area contributed by atoms with E-state index in [1.165, 1.54) is 21.3 Å². The van der Waals surface area contributed by atoms with Crippen LogP contribution in [0.15, 0.2) is 16.3 Å². The average Bonchev–Trinajstić information content (AvgIpc) is 3.39. The van der Waals surface area contributed by atoms with Gasteiger partial charge in [-0.3, -0.25) is 10.5 Å². The predicted molar refractivity (Wildman–Crippen MR) is 136 cm³/mol. The molecule has 16 heteroatoms. The van der Waals surface area contributed by atoms with Crippen molar-refractivity contribution < 1.29 is 44.3 Å². The molecule has 1 aliphatic carbocycles. The first-order chi connectivity index (χ1) is 18.2. The second-order valence-corrected chi connectivity index (χ2v) is 16.0. The summed E-state index contributed by atoms with van der Waals surface area (Å²) in [6, 6.07) is 2.40. The number of esters is 1. The Balaban J connectivity index is 1.54. The van der Waals surface area contributed by atoms with Gasteiger partial charge in [0.15, 0.2) is 16.1 Å². The highest BCUT2D eigenvalue weighted by Crippen LogP contribution is 2.39. The van der Waals surface area contributed by atoms with E-state index in [0.29, 0.717) is 17.8 Å². The molecule has 3 fully saturated rings. The fourth-order valence-corrected chi connectivity index (χ4v) is 9.76. The molecule has 0 radical (unpaired) electrons. The Bertz CT molecular complexity index is 1260. The van der Waals surface area contributed by atoms with Crippen LogP contribution in [0.4, 0.5) is 13.2 Å². The van der Waals surface area contributed by atoms with E-state index >= 15 is 0 Å². The Morgan fingerprint density at radius 3 is 2.31 bits per heavy atom. The van der Waals surface area contributed by atoms with Crippen LogP contribution in [-0.2, 0) is 34.2 Å². The minimum atomic E-state index is -5.24. The average molecular weight is 616 g/mol. The Labute approximate surface area is 229 Å². The van der Waals surface area contributed by atoms with Crippen LogP contribution in [0.5, 0.6) is 0 Å². The molecular weight excluding hydrogens is 583 g/mol. The Hall–Kier alpha value is -1.75. The summed E-state index contributed by atoms with van der Waals surface area (Å²) in [7, 11) is -7.35. The molecule has 3 atom stereocenters. The number of hydrogen-bond donors (Lipinski definition) is 1. The number of sulfonamides is 1. The molecule has 1 aromatic rings. The highest BCUT2D eigenvalue weighted by molar-refractivity contribution is 7.91. The summed E-state index contributed by atoms with van der Waals surface area (Å²) in [5.41, 5.74) is 5.58. The Kier molecular flexibility index (Phi) is 9.01. The van der Waals surface area contributed by atoms with E-state index < -0.39 is 44.2 Å². The van der Waals surface area contributed by atoms with Crippen molar-refractivity contribution in [1.82, 2.24) is 9.21 Å². The van der Waals surface area contributed by atoms with E-state index in [1.807, 2.05) is 0 Å². The van der Waals surface area contributed by atoms with E-state index in [4.69, 9.17) is 5.73 Å². The number of ether oxygens (including phenoxy) is 1. The van der Waals surface area contributed by atoms with Crippen LogP contribution in [0.2, 0.25) is 0 Å². The molecule has 0 spiro atoms. The van der Waals surface area contributed by atoms with Crippen molar-refractivity contribution in [2.45, 2.75) is 55.1 Å². The van der Waals surface area contributed by atoms with Gasteiger partial charge < -0.3 is 9.64 Å². The number of nitrogens with two attached hydrogens (primary N) is 1. The van der Waals surface area contributed by atoms with E-state index in [-0.39, 0.29) is 64.5 Å². The third-order valence-electron chi connectivity index (χ3n) is 7.71. The molecule has 3 aliphatic rings. The lowest BCUT2D eigenvalue weighted by atomic mass is 9.74. The van der Waals surface area contributed by atoms with Crippen LogP contribution < -0.4 is 5.73 Å². The number of amides is 1. The highest BCUT2D eigenvalue weighted by atomic mass is 32.2. The lowest BCUT2D eigenvalue weighted by molar-refractivity contribution is -0.205. The number of alkyl halides is 3. The molecule has 220 valence electrons. The molecule has 4 rings (SSSR count). The third-order valence-corrected chi connectivity index (χ3v) is 12.8. The van der Waals surface area contributed by atoms with Crippen molar-refractivity contribution in [1.29, 1.82) is 0 Å². The van der Waals surface area contributed by atoms with Gasteiger partial charge in [-0.2, -0.15) is 17.5 Å². The topological polar surface area (TPSA) is 144 Å². The largest absolute Gasteiger partial charge is 0.490 e. The summed E-state index contributed by atoms with van der Waals surface area (Å²) in [6.45, 7) is 0.256. The van der Waals surface area contributed by atoms with Crippen LogP contribution in [-0.4, -0.2) is 81.8 Å². The minimum absolute atomic E-state index is 0.0641. The summed E-state index contributed by atoms with van der Waals surface area (Å²) in [4.78, 5) is 26.0.